The van der Waals surface area contributed by atoms with Gasteiger partial charge in [0.25, 0.3) is 0 Å². The van der Waals surface area contributed by atoms with E-state index in [9.17, 15) is 0 Å². The minimum Gasteiger partial charge on any atom is -0.285 e. The molecule has 0 saturated heterocycles. The van der Waals surface area contributed by atoms with Gasteiger partial charge in [-0.05, 0) is 171 Å². The monoisotopic (exact) mass is 1350 g/mol. The van der Waals surface area contributed by atoms with Crippen molar-refractivity contribution in [3.8, 4) is 135 Å². The molecule has 1 aliphatic heterocycles. The summed E-state index contributed by atoms with van der Waals surface area (Å²) in [5.74, 6) is 1.57. The second-order valence-electron chi connectivity index (χ2n) is 28.7. The van der Waals surface area contributed by atoms with E-state index >= 15 is 0 Å². The summed E-state index contributed by atoms with van der Waals surface area (Å²) in [7, 11) is 0. The molecule has 2 spiro atoms. The summed E-state index contributed by atoms with van der Waals surface area (Å²) in [5.41, 5.74) is 36.4. The zero-order valence-electron chi connectivity index (χ0n) is 57.5. The average Bonchev–Trinajstić information content (AvgIpc) is 1.52. The number of hydrogen-bond donors (Lipinski definition) is 0. The fourth-order valence-electron chi connectivity index (χ4n) is 18.3. The molecule has 0 saturated carbocycles. The standard InChI is InChI=1S/C100H62N6/c1-7-23-83-75(17-1)76-18-2-8-24-84(76)99(83)87-27-11-5-21-79(87)81-49-45-73(57-89(81)99)97-103-93(59-95(105-97)67-41-33-63(34-42-67)69-47-51-91-71(55-69)15-13-53-101-91)65-37-29-61(30-38-65)62-31-39-66(40-32-62)94-60-96(68-43-35-64(36-44-68)70-48-52-92-72(56-70)16-14-54-102-92)106-98(104-94)74-46-50-82-80-22-6-12-28-88(80)100(90(82)58-74)85-25-9-3-19-77(85)78-20-4-10-26-86(78)100/h1-60,71,91H. The Balaban J connectivity index is 0.635. The van der Waals surface area contributed by atoms with E-state index in [-0.39, 0.29) is 12.0 Å². The minimum absolute atomic E-state index is 0.144. The summed E-state index contributed by atoms with van der Waals surface area (Å²) in [4.78, 5) is 31.4. The quantitative estimate of drug-likeness (QED) is 0.144. The molecule has 2 unspecified atom stereocenters. The number of fused-ring (bicyclic) bond motifs is 22. The van der Waals surface area contributed by atoms with E-state index in [0.29, 0.717) is 11.6 Å². The number of benzene rings is 13. The highest BCUT2D eigenvalue weighted by molar-refractivity contribution is 5.98. The van der Waals surface area contributed by atoms with E-state index in [4.69, 9.17) is 24.9 Å². The van der Waals surface area contributed by atoms with E-state index in [0.717, 1.165) is 94.9 Å². The van der Waals surface area contributed by atoms with Crippen LogP contribution in [0.25, 0.3) is 151 Å². The Morgan fingerprint density at radius 3 is 1.03 bits per heavy atom. The Morgan fingerprint density at radius 1 is 0.264 bits per heavy atom. The smallest absolute Gasteiger partial charge is 0.160 e. The summed E-state index contributed by atoms with van der Waals surface area (Å²) < 4.78 is 0. The number of dihydropyridines is 1. The van der Waals surface area contributed by atoms with Crippen LogP contribution in [0.5, 0.6) is 0 Å². The topological polar surface area (TPSA) is 76.8 Å². The van der Waals surface area contributed by atoms with Gasteiger partial charge >= 0.3 is 0 Å². The lowest BCUT2D eigenvalue weighted by Crippen LogP contribution is -2.25. The zero-order valence-corrected chi connectivity index (χ0v) is 57.5. The summed E-state index contributed by atoms with van der Waals surface area (Å²) in [6.45, 7) is 0. The molecule has 0 radical (unpaired) electrons. The van der Waals surface area contributed by atoms with Crippen LogP contribution < -0.4 is 0 Å². The molecule has 6 nitrogen and oxygen atoms in total. The first-order valence-electron chi connectivity index (χ1n) is 36.5. The van der Waals surface area contributed by atoms with Crippen LogP contribution in [0.4, 0.5) is 0 Å². The van der Waals surface area contributed by atoms with E-state index in [1.54, 1.807) is 0 Å². The third-order valence-electron chi connectivity index (χ3n) is 23.2. The predicted molar refractivity (Wildman–Crippen MR) is 431 cm³/mol. The van der Waals surface area contributed by atoms with Crippen LogP contribution in [-0.4, -0.2) is 37.2 Å². The number of rotatable bonds is 9. The van der Waals surface area contributed by atoms with Gasteiger partial charge in [0.15, 0.2) is 11.6 Å². The summed E-state index contributed by atoms with van der Waals surface area (Å²) in [6, 6.07) is 118. The molecule has 6 aliphatic rings. The predicted octanol–water partition coefficient (Wildman–Crippen LogP) is 23.4. The maximum absolute atomic E-state index is 5.54. The lowest BCUT2D eigenvalue weighted by Gasteiger charge is -2.30. The molecular formula is C100H62N6. The number of aliphatic imine (C=N–C) groups is 1. The molecule has 3 aromatic heterocycles. The molecule has 0 amide bonds. The fraction of sp³-hybridized carbons (Fsp3) is 0.0400. The number of aromatic nitrogens is 5. The van der Waals surface area contributed by atoms with Gasteiger partial charge in [-0.1, -0.05) is 303 Å². The van der Waals surface area contributed by atoms with Gasteiger partial charge in [-0.3, -0.25) is 9.98 Å². The van der Waals surface area contributed by atoms with Crippen molar-refractivity contribution in [2.45, 2.75) is 16.9 Å². The molecule has 16 aromatic rings. The molecule has 13 aromatic carbocycles. The molecular weight excluding hydrogens is 1290 g/mol. The van der Waals surface area contributed by atoms with Gasteiger partial charge in [0.2, 0.25) is 0 Å². The van der Waals surface area contributed by atoms with Crippen LogP contribution in [0.2, 0.25) is 0 Å². The van der Waals surface area contributed by atoms with Crippen molar-refractivity contribution in [3.05, 3.63) is 408 Å². The maximum Gasteiger partial charge on any atom is 0.160 e. The van der Waals surface area contributed by atoms with Gasteiger partial charge < -0.3 is 0 Å². The van der Waals surface area contributed by atoms with E-state index in [1.807, 2.05) is 24.6 Å². The number of pyridine rings is 1. The molecule has 22 rings (SSSR count). The lowest BCUT2D eigenvalue weighted by molar-refractivity contribution is 0.685. The molecule has 0 N–H and O–H groups in total. The third kappa shape index (κ3) is 9.04. The second kappa shape index (κ2) is 23.4. The molecule has 492 valence electrons. The highest BCUT2D eigenvalue weighted by atomic mass is 14.9. The SMILES string of the molecule is C1=CC2C=C(c3ccc(-c4cc(-c5ccc(-c6ccc(-c7cc(-c8ccc(-c9ccc%10ncccc%10c9)cc8)nc(-c8ccc9c(c8)C8(c%10ccccc%10-c%10ccccc%108)c8ccccc8-9)n7)cc6)cc5)nc(-c5ccc6c(c5)C5(c7ccccc7-c7ccccc75)c5ccccc5-6)n4)cc3)C=CC2N=C1. The van der Waals surface area contributed by atoms with Gasteiger partial charge in [-0.25, -0.2) is 19.9 Å². The zero-order chi connectivity index (χ0) is 69.6. The first-order valence-corrected chi connectivity index (χ1v) is 36.5. The van der Waals surface area contributed by atoms with Crippen molar-refractivity contribution < 1.29 is 0 Å². The van der Waals surface area contributed by atoms with Crippen molar-refractivity contribution in [2.75, 3.05) is 0 Å². The molecule has 0 bridgehead atoms. The molecule has 4 heterocycles. The number of allylic oxidation sites excluding steroid dienone is 3. The number of nitrogens with zero attached hydrogens (tertiary/aromatic N) is 6. The molecule has 106 heavy (non-hydrogen) atoms. The molecule has 5 aliphatic carbocycles. The van der Waals surface area contributed by atoms with Gasteiger partial charge in [0.05, 0.1) is 45.2 Å². The van der Waals surface area contributed by atoms with E-state index < -0.39 is 10.8 Å². The first kappa shape index (κ1) is 60.0. The van der Waals surface area contributed by atoms with Crippen LogP contribution in [0.15, 0.2) is 363 Å². The normalized spacial score (nSPS) is 15.6. The lowest BCUT2D eigenvalue weighted by atomic mass is 9.70. The van der Waals surface area contributed by atoms with Crippen LogP contribution in [0, 0.1) is 5.92 Å². The number of hydrogen-bond acceptors (Lipinski definition) is 6. The van der Waals surface area contributed by atoms with Crippen LogP contribution in [0.1, 0.15) is 50.1 Å². The van der Waals surface area contributed by atoms with Gasteiger partial charge in [0.1, 0.15) is 0 Å². The molecule has 0 fully saturated rings. The van der Waals surface area contributed by atoms with Crippen molar-refractivity contribution in [1.29, 1.82) is 0 Å². The Bertz CT molecular complexity index is 6390. The summed E-state index contributed by atoms with van der Waals surface area (Å²) in [5, 5.41) is 1.11. The Kier molecular flexibility index (Phi) is 13.3. The van der Waals surface area contributed by atoms with E-state index in [2.05, 4.69) is 345 Å². The fourth-order valence-corrected chi connectivity index (χ4v) is 18.3. The van der Waals surface area contributed by atoms with Crippen molar-refractivity contribution in [1.82, 2.24) is 24.9 Å². The Labute approximate surface area is 614 Å². The largest absolute Gasteiger partial charge is 0.285 e. The molecule has 2 atom stereocenters. The highest BCUT2D eigenvalue weighted by Crippen LogP contribution is 2.65. The maximum atomic E-state index is 5.54. The van der Waals surface area contributed by atoms with E-state index in [1.165, 1.54) is 94.6 Å². The summed E-state index contributed by atoms with van der Waals surface area (Å²) in [6.07, 6.45) is 14.8. The minimum atomic E-state index is -0.510. The molecule has 6 heteroatoms. The average molecular weight is 1350 g/mol. The first-order chi connectivity index (χ1) is 52.5. The Hall–Kier alpha value is -13.7. The van der Waals surface area contributed by atoms with Crippen LogP contribution in [-0.2, 0) is 10.8 Å². The van der Waals surface area contributed by atoms with Crippen LogP contribution >= 0.6 is 0 Å². The van der Waals surface area contributed by atoms with Crippen molar-refractivity contribution >= 4 is 22.7 Å². The second-order valence-corrected chi connectivity index (χ2v) is 28.7. The highest BCUT2D eigenvalue weighted by Gasteiger charge is 2.53. The van der Waals surface area contributed by atoms with Crippen molar-refractivity contribution in [3.63, 3.8) is 0 Å². The van der Waals surface area contributed by atoms with Gasteiger partial charge in [0, 0.05) is 57.1 Å². The van der Waals surface area contributed by atoms with Gasteiger partial charge in [-0.2, -0.15) is 0 Å². The Morgan fingerprint density at radius 2 is 0.613 bits per heavy atom. The van der Waals surface area contributed by atoms with Crippen molar-refractivity contribution in [2.24, 2.45) is 10.9 Å². The summed E-state index contributed by atoms with van der Waals surface area (Å²) >= 11 is 0. The third-order valence-corrected chi connectivity index (χ3v) is 23.2. The van der Waals surface area contributed by atoms with Crippen LogP contribution in [0.3, 0.4) is 0 Å². The van der Waals surface area contributed by atoms with Gasteiger partial charge in [-0.15, -0.1) is 0 Å².